The van der Waals surface area contributed by atoms with Gasteiger partial charge in [-0.1, -0.05) is 24.3 Å². The number of ether oxygens (including phenoxy) is 1. The smallest absolute Gasteiger partial charge is 0.0825 e. The van der Waals surface area contributed by atoms with Gasteiger partial charge in [-0.25, -0.2) is 0 Å². The van der Waals surface area contributed by atoms with Crippen LogP contribution < -0.4 is 0 Å². The predicted molar refractivity (Wildman–Crippen MR) is 70.3 cm³/mol. The molecule has 0 aromatic heterocycles. The lowest BCUT2D eigenvalue weighted by Crippen LogP contribution is -2.23. The van der Waals surface area contributed by atoms with Crippen molar-refractivity contribution >= 4 is 0 Å². The van der Waals surface area contributed by atoms with Gasteiger partial charge >= 0.3 is 0 Å². The first kappa shape index (κ1) is 13.5. The molecule has 0 spiro atoms. The maximum absolute atomic E-state index is 10.2. The molecule has 18 heavy (non-hydrogen) atoms. The monoisotopic (exact) mass is 250 g/mol. The third-order valence-corrected chi connectivity index (χ3v) is 3.50. The Morgan fingerprint density at radius 2 is 2.06 bits per heavy atom. The van der Waals surface area contributed by atoms with E-state index >= 15 is 0 Å². The summed E-state index contributed by atoms with van der Waals surface area (Å²) in [6, 6.07) is 7.96. The SMILES string of the molecule is CC(C)OCC(O)CC1Cc2ccccc2C1O. The summed E-state index contributed by atoms with van der Waals surface area (Å²) in [7, 11) is 0. The minimum absolute atomic E-state index is 0.105. The van der Waals surface area contributed by atoms with Crippen molar-refractivity contribution in [2.45, 2.75) is 45.0 Å². The second-order valence-corrected chi connectivity index (χ2v) is 5.38. The fourth-order valence-corrected chi connectivity index (χ4v) is 2.59. The molecule has 3 heteroatoms. The van der Waals surface area contributed by atoms with Crippen LogP contribution in [0.4, 0.5) is 0 Å². The Balaban J connectivity index is 1.89. The van der Waals surface area contributed by atoms with Crippen LogP contribution in [0.5, 0.6) is 0 Å². The second-order valence-electron chi connectivity index (χ2n) is 5.38. The van der Waals surface area contributed by atoms with Gasteiger partial charge < -0.3 is 14.9 Å². The first-order chi connectivity index (χ1) is 8.58. The molecule has 2 rings (SSSR count). The first-order valence-electron chi connectivity index (χ1n) is 6.63. The van der Waals surface area contributed by atoms with E-state index in [2.05, 4.69) is 6.07 Å². The molecular formula is C15H22O3. The molecule has 1 aromatic rings. The maximum Gasteiger partial charge on any atom is 0.0825 e. The van der Waals surface area contributed by atoms with Crippen molar-refractivity contribution in [1.82, 2.24) is 0 Å². The molecule has 0 amide bonds. The summed E-state index contributed by atoms with van der Waals surface area (Å²) in [6.07, 6.45) is 0.611. The molecule has 3 atom stereocenters. The van der Waals surface area contributed by atoms with E-state index in [1.165, 1.54) is 5.56 Å². The normalized spacial score (nSPS) is 24.3. The Morgan fingerprint density at radius 3 is 2.72 bits per heavy atom. The zero-order chi connectivity index (χ0) is 13.1. The van der Waals surface area contributed by atoms with E-state index in [9.17, 15) is 10.2 Å². The van der Waals surface area contributed by atoms with Crippen molar-refractivity contribution in [1.29, 1.82) is 0 Å². The molecule has 0 heterocycles. The number of benzene rings is 1. The summed E-state index contributed by atoms with van der Waals surface area (Å²) in [5, 5.41) is 20.1. The van der Waals surface area contributed by atoms with Crippen molar-refractivity contribution in [3.8, 4) is 0 Å². The van der Waals surface area contributed by atoms with Crippen LogP contribution in [-0.2, 0) is 11.2 Å². The number of hydrogen-bond acceptors (Lipinski definition) is 3. The van der Waals surface area contributed by atoms with Crippen LogP contribution in [-0.4, -0.2) is 29.0 Å². The van der Waals surface area contributed by atoms with E-state index in [0.717, 1.165) is 12.0 Å². The van der Waals surface area contributed by atoms with E-state index in [1.807, 2.05) is 32.0 Å². The van der Waals surface area contributed by atoms with Crippen molar-refractivity contribution < 1.29 is 14.9 Å². The van der Waals surface area contributed by atoms with Crippen LogP contribution in [0.15, 0.2) is 24.3 Å². The van der Waals surface area contributed by atoms with Gasteiger partial charge in [0.2, 0.25) is 0 Å². The third-order valence-electron chi connectivity index (χ3n) is 3.50. The van der Waals surface area contributed by atoms with Crippen LogP contribution in [0.25, 0.3) is 0 Å². The van der Waals surface area contributed by atoms with Crippen LogP contribution >= 0.6 is 0 Å². The van der Waals surface area contributed by atoms with Crippen LogP contribution in [0.2, 0.25) is 0 Å². The van der Waals surface area contributed by atoms with E-state index in [0.29, 0.717) is 13.0 Å². The molecule has 0 aliphatic heterocycles. The summed E-state index contributed by atoms with van der Waals surface area (Å²) in [5.74, 6) is 0.105. The van der Waals surface area contributed by atoms with Gasteiger partial charge in [-0.15, -0.1) is 0 Å². The van der Waals surface area contributed by atoms with Crippen molar-refractivity contribution in [3.63, 3.8) is 0 Å². The largest absolute Gasteiger partial charge is 0.391 e. The molecule has 0 saturated heterocycles. The van der Waals surface area contributed by atoms with E-state index in [4.69, 9.17) is 4.74 Å². The molecule has 1 aliphatic carbocycles. The summed E-state index contributed by atoms with van der Waals surface area (Å²) >= 11 is 0. The highest BCUT2D eigenvalue weighted by Crippen LogP contribution is 2.38. The molecule has 3 nitrogen and oxygen atoms in total. The van der Waals surface area contributed by atoms with Gasteiger partial charge in [-0.2, -0.15) is 0 Å². The molecule has 3 unspecified atom stereocenters. The number of fused-ring (bicyclic) bond motifs is 1. The maximum atomic E-state index is 10.2. The Hall–Kier alpha value is -0.900. The van der Waals surface area contributed by atoms with Crippen molar-refractivity contribution in [2.24, 2.45) is 5.92 Å². The number of rotatable bonds is 5. The van der Waals surface area contributed by atoms with Crippen LogP contribution in [0, 0.1) is 5.92 Å². The molecule has 1 aliphatic rings. The zero-order valence-corrected chi connectivity index (χ0v) is 11.0. The molecule has 0 radical (unpaired) electrons. The fraction of sp³-hybridized carbons (Fsp3) is 0.600. The zero-order valence-electron chi connectivity index (χ0n) is 11.0. The van der Waals surface area contributed by atoms with E-state index in [-0.39, 0.29) is 12.0 Å². The fourth-order valence-electron chi connectivity index (χ4n) is 2.59. The summed E-state index contributed by atoms with van der Waals surface area (Å²) in [6.45, 7) is 4.25. The molecule has 0 bridgehead atoms. The number of aliphatic hydroxyl groups is 2. The van der Waals surface area contributed by atoms with Gasteiger partial charge in [0.15, 0.2) is 0 Å². The Labute approximate surface area is 108 Å². The van der Waals surface area contributed by atoms with Crippen LogP contribution in [0.1, 0.15) is 37.5 Å². The van der Waals surface area contributed by atoms with Gasteiger partial charge in [0.1, 0.15) is 0 Å². The molecule has 1 aromatic carbocycles. The van der Waals surface area contributed by atoms with Gasteiger partial charge in [-0.05, 0) is 43.7 Å². The highest BCUT2D eigenvalue weighted by atomic mass is 16.5. The van der Waals surface area contributed by atoms with E-state index in [1.54, 1.807) is 0 Å². The minimum atomic E-state index is -0.499. The lowest BCUT2D eigenvalue weighted by Gasteiger charge is -2.20. The van der Waals surface area contributed by atoms with E-state index < -0.39 is 12.2 Å². The predicted octanol–water partition coefficient (Wildman–Crippen LogP) is 2.07. The minimum Gasteiger partial charge on any atom is -0.391 e. The highest BCUT2D eigenvalue weighted by molar-refractivity contribution is 5.34. The number of aliphatic hydroxyl groups excluding tert-OH is 2. The molecular weight excluding hydrogens is 228 g/mol. The quantitative estimate of drug-likeness (QED) is 0.841. The van der Waals surface area contributed by atoms with Gasteiger partial charge in [0.25, 0.3) is 0 Å². The Bertz CT molecular complexity index is 389. The van der Waals surface area contributed by atoms with Gasteiger partial charge in [0.05, 0.1) is 24.9 Å². The Morgan fingerprint density at radius 1 is 1.33 bits per heavy atom. The Kier molecular flexibility index (Phi) is 4.38. The van der Waals surface area contributed by atoms with Crippen molar-refractivity contribution in [2.75, 3.05) is 6.61 Å². The average molecular weight is 250 g/mol. The van der Waals surface area contributed by atoms with Crippen LogP contribution in [0.3, 0.4) is 0 Å². The number of hydrogen-bond donors (Lipinski definition) is 2. The lowest BCUT2D eigenvalue weighted by molar-refractivity contribution is -0.0138. The third kappa shape index (κ3) is 3.10. The molecule has 0 saturated carbocycles. The molecule has 0 fully saturated rings. The topological polar surface area (TPSA) is 49.7 Å². The summed E-state index contributed by atoms with van der Waals surface area (Å²) in [4.78, 5) is 0. The lowest BCUT2D eigenvalue weighted by atomic mass is 9.96. The summed E-state index contributed by atoms with van der Waals surface area (Å²) < 4.78 is 5.39. The standard InChI is InChI=1S/C15H22O3/c1-10(2)18-9-13(16)8-12-7-11-5-3-4-6-14(11)15(12)17/h3-6,10,12-13,15-17H,7-9H2,1-2H3. The van der Waals surface area contributed by atoms with Gasteiger partial charge in [-0.3, -0.25) is 0 Å². The molecule has 2 N–H and O–H groups in total. The second kappa shape index (κ2) is 5.83. The van der Waals surface area contributed by atoms with Crippen molar-refractivity contribution in [3.05, 3.63) is 35.4 Å². The first-order valence-corrected chi connectivity index (χ1v) is 6.63. The van der Waals surface area contributed by atoms with Gasteiger partial charge in [0, 0.05) is 0 Å². The average Bonchev–Trinajstić information content (AvgIpc) is 2.65. The molecule has 100 valence electrons. The highest BCUT2D eigenvalue weighted by Gasteiger charge is 2.31. The summed E-state index contributed by atoms with van der Waals surface area (Å²) in [5.41, 5.74) is 2.21.